The molecule has 0 saturated carbocycles. The van der Waals surface area contributed by atoms with Crippen molar-refractivity contribution in [3.05, 3.63) is 71.3 Å². The van der Waals surface area contributed by atoms with Gasteiger partial charge in [-0.3, -0.25) is 4.79 Å². The predicted molar refractivity (Wildman–Crippen MR) is 141 cm³/mol. The van der Waals surface area contributed by atoms with Gasteiger partial charge >= 0.3 is 0 Å². The van der Waals surface area contributed by atoms with Crippen LogP contribution >= 0.6 is 0 Å². The number of tetrazole rings is 1. The fourth-order valence-corrected chi connectivity index (χ4v) is 5.03. The Morgan fingerprint density at radius 2 is 1.67 bits per heavy atom. The molecular formula is C29H34N6O. The SMILES string of the molecule is CCCc1nc2c(n1Cc1ccc(-c3ccccc3-c3nnnn3C(C)(C)C)cc1)C(=O)CCCC2. The Kier molecular flexibility index (Phi) is 6.56. The van der Waals surface area contributed by atoms with Gasteiger partial charge in [-0.05, 0) is 73.6 Å². The maximum atomic E-state index is 12.9. The number of ketones is 1. The van der Waals surface area contributed by atoms with Crippen molar-refractivity contribution in [2.45, 2.75) is 78.3 Å². The number of rotatable bonds is 6. The van der Waals surface area contributed by atoms with Crippen molar-refractivity contribution in [1.82, 2.24) is 29.8 Å². The standard InChI is InChI=1S/C29H34N6O/c1-5-10-26-30-24-13-8-9-14-25(36)27(24)34(26)19-20-15-17-21(18-16-20)22-11-6-7-12-23(22)28-31-32-33-35(28)29(2,3)4/h6-7,11-12,15-18H,5,8-10,13-14,19H2,1-4H3. The minimum atomic E-state index is -0.230. The Hall–Kier alpha value is -3.61. The van der Waals surface area contributed by atoms with Crippen LogP contribution in [0, 0.1) is 0 Å². The summed E-state index contributed by atoms with van der Waals surface area (Å²) in [5.41, 5.74) is 5.94. The summed E-state index contributed by atoms with van der Waals surface area (Å²) in [6, 6.07) is 16.9. The highest BCUT2D eigenvalue weighted by Gasteiger charge is 2.25. The molecule has 0 saturated heterocycles. The van der Waals surface area contributed by atoms with Crippen molar-refractivity contribution in [2.24, 2.45) is 0 Å². The summed E-state index contributed by atoms with van der Waals surface area (Å²) in [5.74, 6) is 2.02. The van der Waals surface area contributed by atoms with Crippen LogP contribution in [0.5, 0.6) is 0 Å². The number of carbonyl (C=O) groups is 1. The van der Waals surface area contributed by atoms with Crippen LogP contribution in [0.4, 0.5) is 0 Å². The minimum Gasteiger partial charge on any atom is -0.321 e. The quantitative estimate of drug-likeness (QED) is 0.321. The maximum Gasteiger partial charge on any atom is 0.183 e. The molecule has 0 radical (unpaired) electrons. The number of fused-ring (bicyclic) bond motifs is 1. The molecule has 2 aromatic carbocycles. The number of aryl methyl sites for hydroxylation is 2. The van der Waals surface area contributed by atoms with Crippen molar-refractivity contribution in [3.8, 4) is 22.5 Å². The summed E-state index contributed by atoms with van der Waals surface area (Å²) >= 11 is 0. The van der Waals surface area contributed by atoms with Crippen LogP contribution in [0.3, 0.4) is 0 Å². The molecule has 5 rings (SSSR count). The first-order valence-corrected chi connectivity index (χ1v) is 13.0. The van der Waals surface area contributed by atoms with Crippen LogP contribution in [-0.4, -0.2) is 35.5 Å². The number of hydrogen-bond acceptors (Lipinski definition) is 5. The van der Waals surface area contributed by atoms with E-state index in [0.717, 1.165) is 77.4 Å². The van der Waals surface area contributed by atoms with Gasteiger partial charge in [0, 0.05) is 24.9 Å². The predicted octanol–water partition coefficient (Wildman–Crippen LogP) is 5.87. The van der Waals surface area contributed by atoms with E-state index >= 15 is 0 Å². The van der Waals surface area contributed by atoms with Gasteiger partial charge in [0.15, 0.2) is 11.6 Å². The van der Waals surface area contributed by atoms with E-state index in [9.17, 15) is 4.79 Å². The first-order valence-electron chi connectivity index (χ1n) is 13.0. The highest BCUT2D eigenvalue weighted by Crippen LogP contribution is 2.33. The molecule has 186 valence electrons. The van der Waals surface area contributed by atoms with E-state index in [0.29, 0.717) is 13.0 Å². The molecule has 0 N–H and O–H groups in total. The summed E-state index contributed by atoms with van der Waals surface area (Å²) in [5, 5.41) is 12.5. The maximum absolute atomic E-state index is 12.9. The lowest BCUT2D eigenvalue weighted by molar-refractivity contribution is 0.0973. The average molecular weight is 483 g/mol. The largest absolute Gasteiger partial charge is 0.321 e. The van der Waals surface area contributed by atoms with Crippen LogP contribution in [0.25, 0.3) is 22.5 Å². The van der Waals surface area contributed by atoms with Crippen molar-refractivity contribution < 1.29 is 4.79 Å². The third-order valence-corrected chi connectivity index (χ3v) is 6.80. The van der Waals surface area contributed by atoms with Gasteiger partial charge in [0.05, 0.1) is 11.2 Å². The van der Waals surface area contributed by atoms with E-state index in [4.69, 9.17) is 4.98 Å². The molecule has 7 heteroatoms. The number of Topliss-reactive ketones (excluding diaryl/α,β-unsaturated/α-hetero) is 1. The zero-order valence-electron chi connectivity index (χ0n) is 21.7. The third kappa shape index (κ3) is 4.62. The number of aromatic nitrogens is 6. The Labute approximate surface area is 212 Å². The van der Waals surface area contributed by atoms with Gasteiger partial charge in [0.1, 0.15) is 11.5 Å². The molecule has 2 heterocycles. The minimum absolute atomic E-state index is 0.230. The molecular weight excluding hydrogens is 448 g/mol. The van der Waals surface area contributed by atoms with Crippen LogP contribution in [0.1, 0.15) is 80.9 Å². The summed E-state index contributed by atoms with van der Waals surface area (Å²) in [6.45, 7) is 9.11. The van der Waals surface area contributed by atoms with Crippen molar-refractivity contribution in [1.29, 1.82) is 0 Å². The fourth-order valence-electron chi connectivity index (χ4n) is 5.03. The Morgan fingerprint density at radius 1 is 0.944 bits per heavy atom. The van der Waals surface area contributed by atoms with Crippen molar-refractivity contribution >= 4 is 5.78 Å². The number of benzene rings is 2. The lowest BCUT2D eigenvalue weighted by atomic mass is 9.97. The van der Waals surface area contributed by atoms with Gasteiger partial charge in [-0.25, -0.2) is 9.67 Å². The fraction of sp³-hybridized carbons (Fsp3) is 0.414. The van der Waals surface area contributed by atoms with E-state index < -0.39 is 0 Å². The lowest BCUT2D eigenvalue weighted by Crippen LogP contribution is -2.24. The molecule has 7 nitrogen and oxygen atoms in total. The molecule has 0 bridgehead atoms. The van der Waals surface area contributed by atoms with E-state index in [1.165, 1.54) is 0 Å². The van der Waals surface area contributed by atoms with E-state index in [1.54, 1.807) is 0 Å². The van der Waals surface area contributed by atoms with Gasteiger partial charge in [0.2, 0.25) is 0 Å². The van der Waals surface area contributed by atoms with Crippen molar-refractivity contribution in [3.63, 3.8) is 0 Å². The number of hydrogen-bond donors (Lipinski definition) is 0. The Balaban J connectivity index is 1.48. The molecule has 2 aromatic heterocycles. The van der Waals surface area contributed by atoms with Gasteiger partial charge in [-0.15, -0.1) is 5.10 Å². The molecule has 0 spiro atoms. The van der Waals surface area contributed by atoms with Crippen LogP contribution in [-0.2, 0) is 24.9 Å². The molecule has 0 amide bonds. The van der Waals surface area contributed by atoms with E-state index in [1.807, 2.05) is 16.8 Å². The zero-order valence-corrected chi connectivity index (χ0v) is 21.7. The second-order valence-corrected chi connectivity index (χ2v) is 10.6. The normalized spacial score (nSPS) is 14.1. The first-order chi connectivity index (χ1) is 17.4. The molecule has 0 fully saturated rings. The molecule has 4 aromatic rings. The summed E-state index contributed by atoms with van der Waals surface area (Å²) in [4.78, 5) is 17.8. The van der Waals surface area contributed by atoms with Crippen molar-refractivity contribution in [2.75, 3.05) is 0 Å². The Bertz CT molecular complexity index is 1370. The smallest absolute Gasteiger partial charge is 0.183 e. The summed E-state index contributed by atoms with van der Waals surface area (Å²) in [7, 11) is 0. The van der Waals surface area contributed by atoms with Gasteiger partial charge < -0.3 is 4.57 Å². The molecule has 0 aliphatic heterocycles. The average Bonchev–Trinajstić information content (AvgIpc) is 3.44. The monoisotopic (exact) mass is 482 g/mol. The Morgan fingerprint density at radius 3 is 2.39 bits per heavy atom. The highest BCUT2D eigenvalue weighted by molar-refractivity contribution is 5.96. The van der Waals surface area contributed by atoms with Crippen LogP contribution in [0.2, 0.25) is 0 Å². The molecule has 36 heavy (non-hydrogen) atoms. The number of imidazole rings is 1. The topological polar surface area (TPSA) is 78.5 Å². The molecule has 1 aliphatic carbocycles. The van der Waals surface area contributed by atoms with E-state index in [2.05, 4.69) is 84.2 Å². The second-order valence-electron chi connectivity index (χ2n) is 10.6. The van der Waals surface area contributed by atoms with E-state index in [-0.39, 0.29) is 11.3 Å². The van der Waals surface area contributed by atoms with Crippen LogP contribution < -0.4 is 0 Å². The lowest BCUT2D eigenvalue weighted by Gasteiger charge is -2.21. The number of nitrogens with zero attached hydrogens (tertiary/aromatic N) is 6. The van der Waals surface area contributed by atoms with Crippen LogP contribution in [0.15, 0.2) is 48.5 Å². The second kappa shape index (κ2) is 9.80. The first kappa shape index (κ1) is 24.1. The van der Waals surface area contributed by atoms with Gasteiger partial charge in [0.25, 0.3) is 0 Å². The molecule has 1 aliphatic rings. The summed E-state index contributed by atoms with van der Waals surface area (Å²) < 4.78 is 4.05. The molecule has 0 atom stereocenters. The zero-order chi connectivity index (χ0) is 25.3. The van der Waals surface area contributed by atoms with Gasteiger partial charge in [-0.1, -0.05) is 55.5 Å². The summed E-state index contributed by atoms with van der Waals surface area (Å²) in [6.07, 6.45) is 5.39. The third-order valence-electron chi connectivity index (χ3n) is 6.80. The number of carbonyl (C=O) groups excluding carboxylic acids is 1. The van der Waals surface area contributed by atoms with Gasteiger partial charge in [-0.2, -0.15) is 0 Å². The highest BCUT2D eigenvalue weighted by atomic mass is 16.1. The molecule has 0 unspecified atom stereocenters.